The van der Waals surface area contributed by atoms with E-state index in [1.165, 1.54) is 29.5 Å². The Bertz CT molecular complexity index is 1130. The molecule has 2 N–H and O–H groups in total. The van der Waals surface area contributed by atoms with Crippen molar-refractivity contribution in [1.29, 1.82) is 0 Å². The Morgan fingerprint density at radius 1 is 1.21 bits per heavy atom. The van der Waals surface area contributed by atoms with E-state index in [1.54, 1.807) is 18.2 Å². The van der Waals surface area contributed by atoms with Gasteiger partial charge >= 0.3 is 12.1 Å². The maximum Gasteiger partial charge on any atom is 0.513 e. The van der Waals surface area contributed by atoms with Crippen LogP contribution in [0.1, 0.15) is 52.5 Å². The zero-order chi connectivity index (χ0) is 28.3. The molecule has 210 valence electrons. The van der Waals surface area contributed by atoms with Crippen LogP contribution in [0.2, 0.25) is 0 Å². The summed E-state index contributed by atoms with van der Waals surface area (Å²) in [6, 6.07) is 4.44. The molecule has 2 aromatic rings. The highest BCUT2D eigenvalue weighted by Gasteiger charge is 2.27. The van der Waals surface area contributed by atoms with Gasteiger partial charge in [0.25, 0.3) is 5.97 Å². The van der Waals surface area contributed by atoms with Crippen LogP contribution in [0.4, 0.5) is 4.79 Å². The number of hydrogen-bond acceptors (Lipinski definition) is 11. The number of rotatable bonds is 12. The number of aliphatic imine (C=N–C) groups is 1. The lowest BCUT2D eigenvalue weighted by molar-refractivity contribution is -0.138. The van der Waals surface area contributed by atoms with E-state index in [0.717, 1.165) is 35.1 Å². The molecule has 0 saturated heterocycles. The van der Waals surface area contributed by atoms with Crippen LogP contribution in [0.25, 0.3) is 10.2 Å². The van der Waals surface area contributed by atoms with Crippen LogP contribution in [-0.2, 0) is 14.3 Å². The first kappa shape index (κ1) is 32.3. The summed E-state index contributed by atoms with van der Waals surface area (Å²) in [5.41, 5.74) is 1.07. The highest BCUT2D eigenvalue weighted by molar-refractivity contribution is 8.76. The first-order chi connectivity index (χ1) is 17.9. The van der Waals surface area contributed by atoms with Gasteiger partial charge < -0.3 is 19.7 Å². The van der Waals surface area contributed by atoms with Crippen molar-refractivity contribution in [3.63, 3.8) is 0 Å². The monoisotopic (exact) mass is 602 g/mol. The van der Waals surface area contributed by atoms with Gasteiger partial charge in [0.15, 0.2) is 6.04 Å². The van der Waals surface area contributed by atoms with Crippen molar-refractivity contribution in [3.05, 3.63) is 23.2 Å². The average Bonchev–Trinajstić information content (AvgIpc) is 3.44. The molecular weight excluding hydrogens is 569 g/mol. The van der Waals surface area contributed by atoms with Crippen LogP contribution in [0.3, 0.4) is 0 Å². The SMILES string of the molecule is CC(=O)O.CC(C)CC(C)(C)CSSCCCOC(=O)Oc1ccc2nc(C3=NC(C(=O)O)CS3)sc2c1. The second-order valence-corrected chi connectivity index (χ2v) is 14.3. The molecule has 0 fully saturated rings. The van der Waals surface area contributed by atoms with E-state index in [4.69, 9.17) is 24.5 Å². The molecular formula is C25H34N2O7S4. The summed E-state index contributed by atoms with van der Waals surface area (Å²) in [4.78, 5) is 40.9. The smallest absolute Gasteiger partial charge is 0.481 e. The van der Waals surface area contributed by atoms with E-state index < -0.39 is 24.1 Å². The number of carboxylic acid groups (broad SMARTS) is 2. The van der Waals surface area contributed by atoms with Gasteiger partial charge in [-0.2, -0.15) is 0 Å². The van der Waals surface area contributed by atoms with Gasteiger partial charge in [-0.3, -0.25) is 9.79 Å². The quantitative estimate of drug-likeness (QED) is 0.116. The Labute approximate surface area is 239 Å². The molecule has 1 aromatic carbocycles. The molecule has 0 amide bonds. The van der Waals surface area contributed by atoms with Crippen LogP contribution < -0.4 is 4.74 Å². The molecule has 3 rings (SSSR count). The minimum Gasteiger partial charge on any atom is -0.481 e. The molecule has 0 spiro atoms. The first-order valence-corrected chi connectivity index (χ1v) is 16.3. The van der Waals surface area contributed by atoms with Gasteiger partial charge in [-0.25, -0.2) is 14.6 Å². The summed E-state index contributed by atoms with van der Waals surface area (Å²) in [6.45, 7) is 10.5. The zero-order valence-electron chi connectivity index (χ0n) is 22.1. The summed E-state index contributed by atoms with van der Waals surface area (Å²) in [5, 5.41) is 17.8. The Morgan fingerprint density at radius 2 is 1.92 bits per heavy atom. The van der Waals surface area contributed by atoms with Crippen molar-refractivity contribution in [2.24, 2.45) is 16.3 Å². The van der Waals surface area contributed by atoms with Gasteiger partial charge in [0.2, 0.25) is 0 Å². The Kier molecular flexibility index (Phi) is 13.2. The minimum absolute atomic E-state index is 0.316. The lowest BCUT2D eigenvalue weighted by atomic mass is 9.86. The second kappa shape index (κ2) is 15.6. The third kappa shape index (κ3) is 11.8. The molecule has 1 aliphatic heterocycles. The zero-order valence-corrected chi connectivity index (χ0v) is 25.4. The summed E-state index contributed by atoms with van der Waals surface area (Å²) in [6.07, 6.45) is 1.26. The van der Waals surface area contributed by atoms with Gasteiger partial charge in [0, 0.05) is 30.2 Å². The molecule has 0 bridgehead atoms. The number of carboxylic acids is 2. The minimum atomic E-state index is -0.930. The molecule has 1 aromatic heterocycles. The average molecular weight is 603 g/mol. The lowest BCUT2D eigenvalue weighted by Crippen LogP contribution is -2.17. The first-order valence-electron chi connectivity index (χ1n) is 12.0. The number of carbonyl (C=O) groups excluding carboxylic acids is 1. The predicted molar refractivity (Wildman–Crippen MR) is 158 cm³/mol. The van der Waals surface area contributed by atoms with Crippen molar-refractivity contribution >= 4 is 78.0 Å². The largest absolute Gasteiger partial charge is 0.513 e. The van der Waals surface area contributed by atoms with E-state index in [-0.39, 0.29) is 0 Å². The van der Waals surface area contributed by atoms with Crippen molar-refractivity contribution in [1.82, 2.24) is 4.98 Å². The number of aromatic nitrogens is 1. The molecule has 1 atom stereocenters. The van der Waals surface area contributed by atoms with E-state index >= 15 is 0 Å². The Balaban J connectivity index is 0.00000118. The highest BCUT2D eigenvalue weighted by Crippen LogP contribution is 2.35. The predicted octanol–water partition coefficient (Wildman–Crippen LogP) is 6.69. The fourth-order valence-corrected chi connectivity index (χ4v) is 8.38. The molecule has 0 saturated carbocycles. The summed E-state index contributed by atoms with van der Waals surface area (Å²) < 4.78 is 11.3. The number of ether oxygens (including phenoxy) is 2. The molecule has 9 nitrogen and oxygen atoms in total. The number of thioether (sulfide) groups is 1. The molecule has 13 heteroatoms. The molecule has 38 heavy (non-hydrogen) atoms. The maximum atomic E-state index is 12.0. The van der Waals surface area contributed by atoms with Gasteiger partial charge in [0.1, 0.15) is 15.8 Å². The normalized spacial score (nSPS) is 15.1. The standard InChI is InChI=1S/C23H30N2O5S4.C2H4O2/c1-14(2)11-23(3,4)13-33-32-9-5-8-29-22(28)30-15-6-7-16-18(10-15)34-20(24-16)19-25-17(12-31-19)21(26)27;1-2(3)4/h6-7,10,14,17H,5,8-9,11-13H2,1-4H3,(H,26,27);1H3,(H,3,4). The third-order valence-electron chi connectivity index (χ3n) is 4.77. The number of aliphatic carboxylic acids is 2. The van der Waals surface area contributed by atoms with Gasteiger partial charge in [0.05, 0.1) is 16.8 Å². The Morgan fingerprint density at radius 3 is 2.55 bits per heavy atom. The fraction of sp³-hybridized carbons (Fsp3) is 0.560. The number of nitrogens with zero attached hydrogens (tertiary/aromatic N) is 2. The van der Waals surface area contributed by atoms with Crippen LogP contribution in [0, 0.1) is 11.3 Å². The molecule has 0 radical (unpaired) electrons. The van der Waals surface area contributed by atoms with Crippen molar-refractivity contribution in [2.75, 3.05) is 23.9 Å². The Hall–Kier alpha value is -1.96. The van der Waals surface area contributed by atoms with Crippen molar-refractivity contribution in [3.8, 4) is 5.75 Å². The second-order valence-electron chi connectivity index (χ2n) is 9.67. The molecule has 1 aliphatic rings. The lowest BCUT2D eigenvalue weighted by Gasteiger charge is -2.25. The van der Waals surface area contributed by atoms with Crippen LogP contribution in [0.15, 0.2) is 23.2 Å². The molecule has 1 unspecified atom stereocenters. The van der Waals surface area contributed by atoms with Crippen LogP contribution in [-0.4, -0.2) is 68.2 Å². The topological polar surface area (TPSA) is 135 Å². The van der Waals surface area contributed by atoms with Gasteiger partial charge in [-0.15, -0.1) is 23.1 Å². The van der Waals surface area contributed by atoms with Gasteiger partial charge in [-0.1, -0.05) is 49.3 Å². The van der Waals surface area contributed by atoms with Crippen molar-refractivity contribution < 1.29 is 34.1 Å². The highest BCUT2D eigenvalue weighted by atomic mass is 33.1. The van der Waals surface area contributed by atoms with E-state index in [1.807, 2.05) is 21.6 Å². The number of hydrogen-bond donors (Lipinski definition) is 2. The molecule has 0 aliphatic carbocycles. The summed E-state index contributed by atoms with van der Waals surface area (Å²) in [7, 11) is 3.69. The van der Waals surface area contributed by atoms with E-state index in [9.17, 15) is 9.59 Å². The van der Waals surface area contributed by atoms with E-state index in [2.05, 4.69) is 37.7 Å². The van der Waals surface area contributed by atoms with Crippen LogP contribution in [0.5, 0.6) is 5.75 Å². The fourth-order valence-electron chi connectivity index (χ4n) is 3.50. The number of benzene rings is 1. The summed E-state index contributed by atoms with van der Waals surface area (Å²) >= 11 is 2.78. The maximum absolute atomic E-state index is 12.0. The number of carbonyl (C=O) groups is 3. The van der Waals surface area contributed by atoms with E-state index in [0.29, 0.717) is 39.5 Å². The van der Waals surface area contributed by atoms with Gasteiger partial charge in [-0.05, 0) is 36.3 Å². The van der Waals surface area contributed by atoms with Crippen LogP contribution >= 0.6 is 44.7 Å². The third-order valence-corrected chi connectivity index (χ3v) is 9.85. The summed E-state index contributed by atoms with van der Waals surface area (Å²) in [5.74, 6) is 1.75. The number of fused-ring (bicyclic) bond motifs is 1. The molecule has 2 heterocycles. The number of thiazole rings is 1. The van der Waals surface area contributed by atoms with Crippen molar-refractivity contribution in [2.45, 2.75) is 53.5 Å².